The van der Waals surface area contributed by atoms with E-state index in [0.717, 1.165) is 35.3 Å². The fourth-order valence-corrected chi connectivity index (χ4v) is 5.46. The van der Waals surface area contributed by atoms with E-state index in [9.17, 15) is 5.11 Å². The summed E-state index contributed by atoms with van der Waals surface area (Å²) in [5, 5.41) is 14.9. The minimum atomic E-state index is -0.0420. The molecular weight excluding hydrogens is 406 g/mol. The third-order valence-corrected chi connectivity index (χ3v) is 6.91. The number of hydrogen-bond donors (Lipinski definition) is 3. The van der Waals surface area contributed by atoms with Crippen LogP contribution in [0.25, 0.3) is 21.6 Å². The Balaban J connectivity index is 1.50. The van der Waals surface area contributed by atoms with Crippen molar-refractivity contribution in [3.63, 3.8) is 0 Å². The van der Waals surface area contributed by atoms with Crippen LogP contribution >= 0.6 is 11.3 Å². The Labute approximate surface area is 185 Å². The van der Waals surface area contributed by atoms with Gasteiger partial charge in [0.05, 0.1) is 17.1 Å². The lowest BCUT2D eigenvalue weighted by Crippen LogP contribution is -2.31. The first-order valence-electron chi connectivity index (χ1n) is 10.7. The second kappa shape index (κ2) is 8.61. The van der Waals surface area contributed by atoms with E-state index in [1.54, 1.807) is 23.6 Å². The first kappa shape index (κ1) is 19.9. The molecule has 3 aromatic heterocycles. The number of nitrogens with zero attached hydrogens (tertiary/aromatic N) is 3. The molecular formula is C24H25N5OS. The molecule has 1 atom stereocenters. The van der Waals surface area contributed by atoms with Crippen molar-refractivity contribution in [2.45, 2.75) is 38.1 Å². The van der Waals surface area contributed by atoms with E-state index in [1.165, 1.54) is 35.0 Å². The van der Waals surface area contributed by atoms with E-state index in [2.05, 4.69) is 22.4 Å². The summed E-state index contributed by atoms with van der Waals surface area (Å²) in [6.45, 7) is 0.605. The van der Waals surface area contributed by atoms with Crippen LogP contribution < -0.4 is 11.1 Å². The van der Waals surface area contributed by atoms with Gasteiger partial charge in [0.2, 0.25) is 0 Å². The topological polar surface area (TPSA) is 97.0 Å². The highest BCUT2D eigenvalue weighted by Crippen LogP contribution is 2.40. The number of anilines is 1. The number of nitrogens with one attached hydrogen (secondary N) is 1. The van der Waals surface area contributed by atoms with Crippen molar-refractivity contribution in [3.8, 4) is 17.1 Å². The highest BCUT2D eigenvalue weighted by atomic mass is 32.1. The average Bonchev–Trinajstić information content (AvgIpc) is 3.17. The molecule has 1 unspecified atom stereocenters. The minimum absolute atomic E-state index is 0.0420. The van der Waals surface area contributed by atoms with Crippen molar-refractivity contribution in [2.75, 3.05) is 11.9 Å². The van der Waals surface area contributed by atoms with Gasteiger partial charge in [-0.25, -0.2) is 9.97 Å². The van der Waals surface area contributed by atoms with Crippen LogP contribution in [0.15, 0.2) is 48.8 Å². The van der Waals surface area contributed by atoms with Crippen molar-refractivity contribution in [2.24, 2.45) is 5.73 Å². The highest BCUT2D eigenvalue weighted by Gasteiger charge is 2.22. The van der Waals surface area contributed by atoms with Crippen molar-refractivity contribution >= 4 is 27.4 Å². The van der Waals surface area contributed by atoms with Crippen LogP contribution in [0.2, 0.25) is 0 Å². The summed E-state index contributed by atoms with van der Waals surface area (Å²) in [6.07, 6.45) is 8.43. The van der Waals surface area contributed by atoms with Crippen LogP contribution in [0.4, 0.5) is 5.82 Å². The van der Waals surface area contributed by atoms with Gasteiger partial charge in [0, 0.05) is 23.7 Å². The highest BCUT2D eigenvalue weighted by molar-refractivity contribution is 7.19. The van der Waals surface area contributed by atoms with Gasteiger partial charge in [-0.1, -0.05) is 30.3 Å². The standard InChI is InChI=1S/C24H25N5OS/c25-16(12-15-6-2-1-3-7-15)13-27-23-21-18-8-4-5-9-20(18)31-24(21)29-22(28-23)17-10-11-26-14-19(17)30/h1-3,6-7,10-11,14,16,30H,4-5,8-9,12-13,25H2,(H,27,28,29). The third kappa shape index (κ3) is 4.11. The van der Waals surface area contributed by atoms with Gasteiger partial charge in [0.25, 0.3) is 0 Å². The molecule has 0 spiro atoms. The fourth-order valence-electron chi connectivity index (χ4n) is 4.20. The summed E-state index contributed by atoms with van der Waals surface area (Å²) in [5.41, 5.74) is 9.61. The molecule has 0 saturated heterocycles. The molecule has 0 saturated carbocycles. The molecule has 0 radical (unpaired) electrons. The van der Waals surface area contributed by atoms with Crippen molar-refractivity contribution in [3.05, 3.63) is 64.8 Å². The Kier molecular flexibility index (Phi) is 5.53. The van der Waals surface area contributed by atoms with Gasteiger partial charge in [-0.2, -0.15) is 0 Å². The molecule has 0 fully saturated rings. The quantitative estimate of drug-likeness (QED) is 0.421. The summed E-state index contributed by atoms with van der Waals surface area (Å²) in [5.74, 6) is 1.39. The largest absolute Gasteiger partial charge is 0.506 e. The zero-order chi connectivity index (χ0) is 21.2. The molecule has 158 valence electrons. The normalized spacial score (nSPS) is 14.4. The van der Waals surface area contributed by atoms with Crippen LogP contribution in [0.5, 0.6) is 5.75 Å². The maximum Gasteiger partial charge on any atom is 0.166 e. The Hall–Kier alpha value is -3.03. The first-order chi connectivity index (χ1) is 15.2. The molecule has 4 N–H and O–H groups in total. The molecule has 1 aromatic carbocycles. The van der Waals surface area contributed by atoms with Gasteiger partial charge in [-0.3, -0.25) is 4.98 Å². The summed E-state index contributed by atoms with van der Waals surface area (Å²) in [7, 11) is 0. The van der Waals surface area contributed by atoms with Gasteiger partial charge < -0.3 is 16.2 Å². The Morgan fingerprint density at radius 2 is 1.94 bits per heavy atom. The zero-order valence-electron chi connectivity index (χ0n) is 17.2. The molecule has 0 aliphatic heterocycles. The fraction of sp³-hybridized carbons (Fsp3) is 0.292. The van der Waals surface area contributed by atoms with Crippen LogP contribution in [0, 0.1) is 0 Å². The van der Waals surface area contributed by atoms with E-state index >= 15 is 0 Å². The smallest absolute Gasteiger partial charge is 0.166 e. The molecule has 31 heavy (non-hydrogen) atoms. The van der Waals surface area contributed by atoms with Crippen LogP contribution in [-0.2, 0) is 19.3 Å². The number of aromatic nitrogens is 3. The van der Waals surface area contributed by atoms with Crippen molar-refractivity contribution in [1.29, 1.82) is 0 Å². The number of rotatable bonds is 6. The second-order valence-corrected chi connectivity index (χ2v) is 9.09. The number of thiophene rings is 1. The third-order valence-electron chi connectivity index (χ3n) is 5.73. The summed E-state index contributed by atoms with van der Waals surface area (Å²) < 4.78 is 0. The zero-order valence-corrected chi connectivity index (χ0v) is 18.0. The molecule has 0 amide bonds. The van der Waals surface area contributed by atoms with Gasteiger partial charge in [-0.05, 0) is 49.3 Å². The van der Waals surface area contributed by atoms with Gasteiger partial charge in [0.1, 0.15) is 16.4 Å². The van der Waals surface area contributed by atoms with Crippen LogP contribution in [0.1, 0.15) is 28.8 Å². The van der Waals surface area contributed by atoms with E-state index in [4.69, 9.17) is 15.7 Å². The predicted molar refractivity (Wildman–Crippen MR) is 126 cm³/mol. The minimum Gasteiger partial charge on any atom is -0.506 e. The lowest BCUT2D eigenvalue weighted by Gasteiger charge is -2.16. The monoisotopic (exact) mass is 431 g/mol. The first-order valence-corrected chi connectivity index (χ1v) is 11.5. The SMILES string of the molecule is NC(CNc1nc(-c2ccncc2O)nc2sc3c(c12)CCCC3)Cc1ccccc1. The molecule has 6 nitrogen and oxygen atoms in total. The maximum atomic E-state index is 10.3. The van der Waals surface area contributed by atoms with E-state index in [0.29, 0.717) is 17.9 Å². The predicted octanol–water partition coefficient (Wildman–Crippen LogP) is 4.32. The van der Waals surface area contributed by atoms with E-state index in [-0.39, 0.29) is 11.8 Å². The lowest BCUT2D eigenvalue weighted by molar-refractivity contribution is 0.474. The van der Waals surface area contributed by atoms with Gasteiger partial charge in [0.15, 0.2) is 5.82 Å². The summed E-state index contributed by atoms with van der Waals surface area (Å²) in [4.78, 5) is 16.0. The Bertz CT molecular complexity index is 1210. The van der Waals surface area contributed by atoms with Crippen LogP contribution in [0.3, 0.4) is 0 Å². The molecule has 3 heterocycles. The average molecular weight is 432 g/mol. The van der Waals surface area contributed by atoms with E-state index in [1.807, 2.05) is 18.2 Å². The Morgan fingerprint density at radius 1 is 1.10 bits per heavy atom. The number of fused-ring (bicyclic) bond motifs is 3. The summed E-state index contributed by atoms with van der Waals surface area (Å²) in [6, 6.07) is 12.0. The number of hydrogen-bond acceptors (Lipinski definition) is 7. The van der Waals surface area contributed by atoms with Crippen molar-refractivity contribution in [1.82, 2.24) is 15.0 Å². The number of benzene rings is 1. The molecule has 1 aliphatic carbocycles. The molecule has 0 bridgehead atoms. The Morgan fingerprint density at radius 3 is 2.77 bits per heavy atom. The molecule has 5 rings (SSSR count). The van der Waals surface area contributed by atoms with Crippen molar-refractivity contribution < 1.29 is 5.11 Å². The number of aryl methyl sites for hydroxylation is 2. The number of nitrogens with two attached hydrogens (primary N) is 1. The molecule has 1 aliphatic rings. The lowest BCUT2D eigenvalue weighted by atomic mass is 9.97. The molecule has 4 aromatic rings. The number of aromatic hydroxyl groups is 1. The van der Waals surface area contributed by atoms with Crippen LogP contribution in [-0.4, -0.2) is 32.6 Å². The summed E-state index contributed by atoms with van der Waals surface area (Å²) >= 11 is 1.75. The number of pyridine rings is 1. The van der Waals surface area contributed by atoms with E-state index < -0.39 is 0 Å². The maximum absolute atomic E-state index is 10.3. The van der Waals surface area contributed by atoms with Gasteiger partial charge in [-0.15, -0.1) is 11.3 Å². The molecule has 7 heteroatoms. The van der Waals surface area contributed by atoms with Gasteiger partial charge >= 0.3 is 0 Å². The second-order valence-electron chi connectivity index (χ2n) is 8.01.